The molecule has 0 atom stereocenters. The van der Waals surface area contributed by atoms with Gasteiger partial charge in [-0.15, -0.1) is 0 Å². The first-order chi connectivity index (χ1) is 4.77. The molecule has 1 amide bonds. The fraction of sp³-hybridized carbons (Fsp3) is 0.833. The van der Waals surface area contributed by atoms with Crippen LogP contribution in [0.15, 0.2) is 0 Å². The fourth-order valence-corrected chi connectivity index (χ4v) is 0.563. The Morgan fingerprint density at radius 2 is 2.10 bits per heavy atom. The molecule has 4 heteroatoms. The molecule has 0 rings (SSSR count). The average molecular weight is 147 g/mol. The van der Waals surface area contributed by atoms with Crippen LogP contribution in [0.2, 0.25) is 0 Å². The molecule has 3 N–H and O–H groups in total. The summed E-state index contributed by atoms with van der Waals surface area (Å²) in [5.41, 5.74) is 4.70. The van der Waals surface area contributed by atoms with Crippen LogP contribution >= 0.6 is 0 Å². The summed E-state index contributed by atoms with van der Waals surface area (Å²) in [5.74, 6) is 0. The van der Waals surface area contributed by atoms with E-state index in [-0.39, 0.29) is 6.61 Å². The standard InChI is InChI=1S/C6H13NO3/c7-6(9)10-5-3-1-2-4-8/h8H,1-5H2,(H2,7,9). The topological polar surface area (TPSA) is 72.6 Å². The zero-order valence-corrected chi connectivity index (χ0v) is 5.88. The second kappa shape index (κ2) is 6.35. The van der Waals surface area contributed by atoms with Crippen molar-refractivity contribution in [3.8, 4) is 0 Å². The largest absolute Gasteiger partial charge is 0.450 e. The van der Waals surface area contributed by atoms with Gasteiger partial charge in [0.25, 0.3) is 0 Å². The fourth-order valence-electron chi connectivity index (χ4n) is 0.563. The summed E-state index contributed by atoms with van der Waals surface area (Å²) in [5, 5.41) is 8.34. The molecule has 0 aromatic carbocycles. The summed E-state index contributed by atoms with van der Waals surface area (Å²) in [6, 6.07) is 0. The SMILES string of the molecule is NC(=O)OCCCCCO. The minimum atomic E-state index is -0.732. The molecule has 0 spiro atoms. The smallest absolute Gasteiger partial charge is 0.404 e. The number of unbranched alkanes of at least 4 members (excludes halogenated alkanes) is 2. The summed E-state index contributed by atoms with van der Waals surface area (Å²) >= 11 is 0. The van der Waals surface area contributed by atoms with Crippen molar-refractivity contribution >= 4 is 6.09 Å². The monoisotopic (exact) mass is 147 g/mol. The average Bonchev–Trinajstić information content (AvgIpc) is 1.87. The van der Waals surface area contributed by atoms with Crippen molar-refractivity contribution in [3.63, 3.8) is 0 Å². The van der Waals surface area contributed by atoms with E-state index >= 15 is 0 Å². The van der Waals surface area contributed by atoms with Crippen LogP contribution in [0.25, 0.3) is 0 Å². The Kier molecular flexibility index (Phi) is 5.86. The van der Waals surface area contributed by atoms with Gasteiger partial charge in [-0.2, -0.15) is 0 Å². The number of rotatable bonds is 5. The minimum absolute atomic E-state index is 0.191. The van der Waals surface area contributed by atoms with Gasteiger partial charge in [-0.3, -0.25) is 0 Å². The van der Waals surface area contributed by atoms with Crippen molar-refractivity contribution < 1.29 is 14.6 Å². The Balaban J connectivity index is 2.84. The van der Waals surface area contributed by atoms with Crippen LogP contribution in [0.3, 0.4) is 0 Å². The third-order valence-electron chi connectivity index (χ3n) is 1.05. The number of aliphatic hydroxyl groups is 1. The second-order valence-corrected chi connectivity index (χ2v) is 1.95. The van der Waals surface area contributed by atoms with Gasteiger partial charge in [-0.1, -0.05) is 0 Å². The molecule has 0 aromatic rings. The molecule has 0 aliphatic rings. The lowest BCUT2D eigenvalue weighted by atomic mass is 10.2. The maximum Gasteiger partial charge on any atom is 0.404 e. The summed E-state index contributed by atoms with van der Waals surface area (Å²) < 4.78 is 4.45. The Hall–Kier alpha value is -0.770. The molecule has 0 heterocycles. The Morgan fingerprint density at radius 1 is 1.40 bits per heavy atom. The van der Waals surface area contributed by atoms with Gasteiger partial charge >= 0.3 is 6.09 Å². The molecule has 60 valence electrons. The molecule has 0 radical (unpaired) electrons. The lowest BCUT2D eigenvalue weighted by Crippen LogP contribution is -2.13. The van der Waals surface area contributed by atoms with E-state index in [9.17, 15) is 4.79 Å². The number of carbonyl (C=O) groups is 1. The minimum Gasteiger partial charge on any atom is -0.450 e. The first-order valence-electron chi connectivity index (χ1n) is 3.30. The molecule has 0 aromatic heterocycles. The highest BCUT2D eigenvalue weighted by Crippen LogP contribution is 1.93. The van der Waals surface area contributed by atoms with Crippen LogP contribution in [-0.4, -0.2) is 24.4 Å². The molecular formula is C6H13NO3. The van der Waals surface area contributed by atoms with E-state index in [0.29, 0.717) is 6.61 Å². The lowest BCUT2D eigenvalue weighted by molar-refractivity contribution is 0.153. The van der Waals surface area contributed by atoms with Gasteiger partial charge in [-0.25, -0.2) is 4.79 Å². The van der Waals surface area contributed by atoms with E-state index in [2.05, 4.69) is 4.74 Å². The van der Waals surface area contributed by atoms with Crippen LogP contribution in [0.4, 0.5) is 4.79 Å². The Labute approximate surface area is 60.0 Å². The molecule has 0 aliphatic carbocycles. The van der Waals surface area contributed by atoms with E-state index in [0.717, 1.165) is 19.3 Å². The maximum absolute atomic E-state index is 9.98. The zero-order valence-electron chi connectivity index (χ0n) is 5.88. The van der Waals surface area contributed by atoms with E-state index in [1.807, 2.05) is 0 Å². The molecule has 0 saturated carbocycles. The first-order valence-corrected chi connectivity index (χ1v) is 3.30. The van der Waals surface area contributed by atoms with Crippen LogP contribution in [0, 0.1) is 0 Å². The Bertz CT molecular complexity index is 95.0. The molecule has 10 heavy (non-hydrogen) atoms. The van der Waals surface area contributed by atoms with Gasteiger partial charge < -0.3 is 15.6 Å². The van der Waals surface area contributed by atoms with Crippen LogP contribution in [0.5, 0.6) is 0 Å². The van der Waals surface area contributed by atoms with Crippen LogP contribution in [0.1, 0.15) is 19.3 Å². The van der Waals surface area contributed by atoms with Gasteiger partial charge in [0, 0.05) is 6.61 Å². The predicted octanol–water partition coefficient (Wildman–Crippen LogP) is 0.244. The number of aliphatic hydroxyl groups excluding tert-OH is 1. The lowest BCUT2D eigenvalue weighted by Gasteiger charge is -1.98. The van der Waals surface area contributed by atoms with Crippen molar-refractivity contribution in [1.82, 2.24) is 0 Å². The van der Waals surface area contributed by atoms with E-state index < -0.39 is 6.09 Å². The zero-order chi connectivity index (χ0) is 7.82. The van der Waals surface area contributed by atoms with Crippen LogP contribution < -0.4 is 5.73 Å². The van der Waals surface area contributed by atoms with Gasteiger partial charge in [-0.05, 0) is 19.3 Å². The predicted molar refractivity (Wildman–Crippen MR) is 36.5 cm³/mol. The normalized spacial score (nSPS) is 9.30. The van der Waals surface area contributed by atoms with Crippen LogP contribution in [-0.2, 0) is 4.74 Å². The van der Waals surface area contributed by atoms with E-state index in [4.69, 9.17) is 10.8 Å². The number of amides is 1. The third kappa shape index (κ3) is 7.23. The van der Waals surface area contributed by atoms with Crippen molar-refractivity contribution in [2.45, 2.75) is 19.3 Å². The molecule has 4 nitrogen and oxygen atoms in total. The molecule has 0 bridgehead atoms. The number of hydrogen-bond acceptors (Lipinski definition) is 3. The third-order valence-corrected chi connectivity index (χ3v) is 1.05. The first kappa shape index (κ1) is 9.23. The highest BCUT2D eigenvalue weighted by Gasteiger charge is 1.91. The number of nitrogens with two attached hydrogens (primary N) is 1. The number of ether oxygens (including phenoxy) is 1. The summed E-state index contributed by atoms with van der Waals surface area (Å²) in [6.45, 7) is 0.548. The molecular weight excluding hydrogens is 134 g/mol. The van der Waals surface area contributed by atoms with Gasteiger partial charge in [0.15, 0.2) is 0 Å². The summed E-state index contributed by atoms with van der Waals surface area (Å²) in [4.78, 5) is 9.98. The van der Waals surface area contributed by atoms with Gasteiger partial charge in [0.1, 0.15) is 0 Å². The molecule has 0 aliphatic heterocycles. The summed E-state index contributed by atoms with van der Waals surface area (Å²) in [6.07, 6.45) is 1.65. The van der Waals surface area contributed by atoms with Crippen molar-refractivity contribution in [1.29, 1.82) is 0 Å². The Morgan fingerprint density at radius 3 is 2.60 bits per heavy atom. The maximum atomic E-state index is 9.98. The number of primary amides is 1. The molecule has 0 saturated heterocycles. The summed E-state index contributed by atoms with van der Waals surface area (Å²) in [7, 11) is 0. The van der Waals surface area contributed by atoms with Gasteiger partial charge in [0.05, 0.1) is 6.61 Å². The second-order valence-electron chi connectivity index (χ2n) is 1.95. The van der Waals surface area contributed by atoms with Crippen molar-refractivity contribution in [2.75, 3.05) is 13.2 Å². The highest BCUT2D eigenvalue weighted by atomic mass is 16.5. The highest BCUT2D eigenvalue weighted by molar-refractivity contribution is 5.64. The molecule has 0 unspecified atom stereocenters. The van der Waals surface area contributed by atoms with Gasteiger partial charge in [0.2, 0.25) is 0 Å². The molecule has 0 fully saturated rings. The number of carbonyl (C=O) groups excluding carboxylic acids is 1. The van der Waals surface area contributed by atoms with E-state index in [1.165, 1.54) is 0 Å². The quantitative estimate of drug-likeness (QED) is 0.547. The number of hydrogen-bond donors (Lipinski definition) is 2. The van der Waals surface area contributed by atoms with Crippen molar-refractivity contribution in [3.05, 3.63) is 0 Å². The van der Waals surface area contributed by atoms with E-state index in [1.54, 1.807) is 0 Å². The van der Waals surface area contributed by atoms with Crippen molar-refractivity contribution in [2.24, 2.45) is 5.73 Å².